The van der Waals surface area contributed by atoms with Gasteiger partial charge in [-0.1, -0.05) is 24.3 Å². The molecule has 0 spiro atoms. The fourth-order valence-corrected chi connectivity index (χ4v) is 4.45. The van der Waals surface area contributed by atoms with Crippen LogP contribution >= 0.6 is 11.8 Å². The van der Waals surface area contributed by atoms with Crippen molar-refractivity contribution < 1.29 is 9.47 Å². The Morgan fingerprint density at radius 3 is 2.92 bits per heavy atom. The number of hydrogen-bond donors (Lipinski definition) is 2. The number of nitrogens with two attached hydrogens (primary N) is 1. The number of ether oxygens (including phenoxy) is 2. The standard InChI is InChI=1S/C20H23N3O2S/c21-20(22-13-19-16-5-2-1-4-14(16)8-11-26-19)23-15-6-7-17-18(12-15)25-10-3-9-24-17/h1-2,4-7,12,19H,3,8-11,13H2,(H3,21,22,23). The molecule has 6 heteroatoms. The van der Waals surface area contributed by atoms with E-state index in [4.69, 9.17) is 15.2 Å². The number of hydrogen-bond acceptors (Lipinski definition) is 4. The number of aryl methyl sites for hydroxylation is 1. The lowest BCUT2D eigenvalue weighted by molar-refractivity contribution is 0.297. The van der Waals surface area contributed by atoms with Gasteiger partial charge in [0.1, 0.15) is 0 Å². The molecule has 2 heterocycles. The Morgan fingerprint density at radius 1 is 1.15 bits per heavy atom. The zero-order valence-corrected chi connectivity index (χ0v) is 15.4. The van der Waals surface area contributed by atoms with Gasteiger partial charge >= 0.3 is 0 Å². The number of guanidine groups is 1. The fraction of sp³-hybridized carbons (Fsp3) is 0.350. The predicted molar refractivity (Wildman–Crippen MR) is 108 cm³/mol. The Balaban J connectivity index is 1.42. The Morgan fingerprint density at radius 2 is 2.00 bits per heavy atom. The maximum absolute atomic E-state index is 6.11. The summed E-state index contributed by atoms with van der Waals surface area (Å²) >= 11 is 1.95. The van der Waals surface area contributed by atoms with Crippen molar-refractivity contribution >= 4 is 23.4 Å². The highest BCUT2D eigenvalue weighted by Gasteiger charge is 2.20. The smallest absolute Gasteiger partial charge is 0.193 e. The van der Waals surface area contributed by atoms with Gasteiger partial charge in [0.2, 0.25) is 0 Å². The van der Waals surface area contributed by atoms with E-state index in [1.54, 1.807) is 0 Å². The molecule has 2 aliphatic rings. The van der Waals surface area contributed by atoms with Crippen molar-refractivity contribution in [3.8, 4) is 11.5 Å². The third-order valence-electron chi connectivity index (χ3n) is 4.54. The van der Waals surface area contributed by atoms with E-state index in [9.17, 15) is 0 Å². The van der Waals surface area contributed by atoms with E-state index in [2.05, 4.69) is 34.6 Å². The van der Waals surface area contributed by atoms with Gasteiger partial charge < -0.3 is 20.5 Å². The number of aliphatic imine (C=N–C) groups is 1. The molecule has 1 unspecified atom stereocenters. The van der Waals surface area contributed by atoms with Crippen LogP contribution in [-0.4, -0.2) is 31.5 Å². The highest BCUT2D eigenvalue weighted by molar-refractivity contribution is 7.99. The summed E-state index contributed by atoms with van der Waals surface area (Å²) in [7, 11) is 0. The fourth-order valence-electron chi connectivity index (χ4n) is 3.24. The molecule has 0 radical (unpaired) electrons. The second kappa shape index (κ2) is 7.91. The molecule has 0 saturated heterocycles. The second-order valence-corrected chi connectivity index (χ2v) is 7.68. The topological polar surface area (TPSA) is 68.9 Å². The zero-order chi connectivity index (χ0) is 17.8. The van der Waals surface area contributed by atoms with Crippen LogP contribution in [0.5, 0.6) is 11.5 Å². The van der Waals surface area contributed by atoms with Crippen LogP contribution in [0.25, 0.3) is 0 Å². The van der Waals surface area contributed by atoms with E-state index in [-0.39, 0.29) is 0 Å². The van der Waals surface area contributed by atoms with Gasteiger partial charge in [-0.3, -0.25) is 4.99 Å². The van der Waals surface area contributed by atoms with E-state index in [0.717, 1.165) is 35.8 Å². The number of thioether (sulfide) groups is 1. The van der Waals surface area contributed by atoms with Gasteiger partial charge in [0.05, 0.1) is 19.8 Å². The molecule has 0 amide bonds. The number of benzene rings is 2. The Labute approximate surface area is 158 Å². The first-order chi connectivity index (χ1) is 12.8. The van der Waals surface area contributed by atoms with Gasteiger partial charge in [0.15, 0.2) is 17.5 Å². The summed E-state index contributed by atoms with van der Waals surface area (Å²) in [4.78, 5) is 4.56. The number of nitrogens with one attached hydrogen (secondary N) is 1. The van der Waals surface area contributed by atoms with Crippen molar-refractivity contribution in [2.24, 2.45) is 10.7 Å². The highest BCUT2D eigenvalue weighted by atomic mass is 32.2. The van der Waals surface area contributed by atoms with Crippen molar-refractivity contribution in [2.45, 2.75) is 18.1 Å². The number of fused-ring (bicyclic) bond motifs is 2. The zero-order valence-electron chi connectivity index (χ0n) is 14.6. The van der Waals surface area contributed by atoms with Crippen LogP contribution in [-0.2, 0) is 6.42 Å². The summed E-state index contributed by atoms with van der Waals surface area (Å²) in [5, 5.41) is 3.52. The summed E-state index contributed by atoms with van der Waals surface area (Å²) in [6, 6.07) is 14.4. The van der Waals surface area contributed by atoms with Crippen molar-refractivity contribution in [1.29, 1.82) is 0 Å². The molecule has 3 N–H and O–H groups in total. The largest absolute Gasteiger partial charge is 0.490 e. The molecular weight excluding hydrogens is 346 g/mol. The maximum atomic E-state index is 6.11. The molecule has 26 heavy (non-hydrogen) atoms. The van der Waals surface area contributed by atoms with Gasteiger partial charge in [-0.05, 0) is 35.4 Å². The highest BCUT2D eigenvalue weighted by Crippen LogP contribution is 2.36. The molecule has 2 aromatic rings. The van der Waals surface area contributed by atoms with E-state index in [1.807, 2.05) is 30.0 Å². The van der Waals surface area contributed by atoms with Gasteiger partial charge in [-0.25, -0.2) is 0 Å². The average molecular weight is 369 g/mol. The molecule has 0 aromatic heterocycles. The van der Waals surface area contributed by atoms with E-state index in [1.165, 1.54) is 11.1 Å². The lowest BCUT2D eigenvalue weighted by Gasteiger charge is -2.23. The van der Waals surface area contributed by atoms with Crippen LogP contribution in [0, 0.1) is 0 Å². The van der Waals surface area contributed by atoms with E-state index < -0.39 is 0 Å². The van der Waals surface area contributed by atoms with Crippen molar-refractivity contribution in [3.05, 3.63) is 53.6 Å². The Hall–Kier alpha value is -2.34. The van der Waals surface area contributed by atoms with Gasteiger partial charge in [0, 0.05) is 23.4 Å². The van der Waals surface area contributed by atoms with E-state index in [0.29, 0.717) is 31.0 Å². The number of anilines is 1. The van der Waals surface area contributed by atoms with Gasteiger partial charge in [-0.15, -0.1) is 0 Å². The van der Waals surface area contributed by atoms with Crippen LogP contribution in [0.3, 0.4) is 0 Å². The van der Waals surface area contributed by atoms with Gasteiger partial charge in [0.25, 0.3) is 0 Å². The molecule has 0 bridgehead atoms. The third-order valence-corrected chi connectivity index (χ3v) is 5.78. The molecule has 0 fully saturated rings. The molecule has 4 rings (SSSR count). The quantitative estimate of drug-likeness (QED) is 0.639. The Bertz CT molecular complexity index is 809. The molecule has 0 saturated carbocycles. The maximum Gasteiger partial charge on any atom is 0.193 e. The minimum atomic E-state index is 0.365. The predicted octanol–water partition coefficient (Wildman–Crippen LogP) is 3.61. The lowest BCUT2D eigenvalue weighted by Crippen LogP contribution is -2.24. The summed E-state index contributed by atoms with van der Waals surface area (Å²) < 4.78 is 11.4. The molecule has 2 aromatic carbocycles. The number of rotatable bonds is 3. The van der Waals surface area contributed by atoms with Gasteiger partial charge in [-0.2, -0.15) is 11.8 Å². The summed E-state index contributed by atoms with van der Waals surface area (Å²) in [5.74, 6) is 3.08. The molecular formula is C20H23N3O2S. The van der Waals surface area contributed by atoms with E-state index >= 15 is 0 Å². The van der Waals surface area contributed by atoms with Crippen LogP contribution in [0.2, 0.25) is 0 Å². The second-order valence-electron chi connectivity index (χ2n) is 6.37. The molecule has 0 aliphatic carbocycles. The third kappa shape index (κ3) is 3.90. The summed E-state index contributed by atoms with van der Waals surface area (Å²) in [5.41, 5.74) is 9.78. The monoisotopic (exact) mass is 369 g/mol. The first-order valence-electron chi connectivity index (χ1n) is 8.95. The number of nitrogens with zero attached hydrogens (tertiary/aromatic N) is 1. The normalized spacial score (nSPS) is 19.4. The summed E-state index contributed by atoms with van der Waals surface area (Å²) in [6.07, 6.45) is 2.02. The first-order valence-corrected chi connectivity index (χ1v) is 10.0. The minimum Gasteiger partial charge on any atom is -0.490 e. The molecule has 2 aliphatic heterocycles. The average Bonchev–Trinajstić information content (AvgIpc) is 2.91. The molecule has 1 atom stereocenters. The van der Waals surface area contributed by atoms with Crippen LogP contribution in [0.1, 0.15) is 22.8 Å². The van der Waals surface area contributed by atoms with Crippen LogP contribution in [0.4, 0.5) is 5.69 Å². The summed E-state index contributed by atoms with van der Waals surface area (Å²) in [6.45, 7) is 2.02. The first kappa shape index (κ1) is 17.1. The van der Waals surface area contributed by atoms with Crippen LogP contribution in [0.15, 0.2) is 47.5 Å². The molecule has 136 valence electrons. The lowest BCUT2D eigenvalue weighted by atomic mass is 10.0. The van der Waals surface area contributed by atoms with Crippen molar-refractivity contribution in [1.82, 2.24) is 0 Å². The Kier molecular flexibility index (Phi) is 5.20. The van der Waals surface area contributed by atoms with Crippen molar-refractivity contribution in [2.75, 3.05) is 30.8 Å². The van der Waals surface area contributed by atoms with Crippen LogP contribution < -0.4 is 20.5 Å². The van der Waals surface area contributed by atoms with Crippen molar-refractivity contribution in [3.63, 3.8) is 0 Å². The molecule has 5 nitrogen and oxygen atoms in total. The minimum absolute atomic E-state index is 0.365. The SMILES string of the molecule is NC(=NCC1SCCc2ccccc21)Nc1ccc2c(c1)OCCCO2.